The summed E-state index contributed by atoms with van der Waals surface area (Å²) in [6.45, 7) is 0. The van der Waals surface area contributed by atoms with E-state index < -0.39 is 5.97 Å². The average Bonchev–Trinajstić information content (AvgIpc) is 2.62. The summed E-state index contributed by atoms with van der Waals surface area (Å²) >= 11 is 4.52. The van der Waals surface area contributed by atoms with Crippen LogP contribution in [0.3, 0.4) is 0 Å². The minimum Gasteiger partial charge on any atom is -0.477 e. The van der Waals surface area contributed by atoms with Crippen LogP contribution in [0.5, 0.6) is 0 Å². The number of hydrogen-bond donors (Lipinski definition) is 1. The van der Waals surface area contributed by atoms with Crippen LogP contribution >= 0.6 is 27.3 Å². The summed E-state index contributed by atoms with van der Waals surface area (Å²) in [5, 5.41) is 8.91. The molecule has 76 valence electrons. The van der Waals surface area contributed by atoms with Crippen LogP contribution in [0.2, 0.25) is 0 Å². The Balaban J connectivity index is 2.48. The van der Waals surface area contributed by atoms with Gasteiger partial charge in [-0.15, -0.1) is 11.3 Å². The number of carboxylic acid groups (broad SMARTS) is 1. The Bertz CT molecular complexity index is 491. The lowest BCUT2D eigenvalue weighted by molar-refractivity contribution is 0.0701. The van der Waals surface area contributed by atoms with Crippen molar-refractivity contribution in [3.05, 3.63) is 45.7 Å². The number of halogens is 1. The van der Waals surface area contributed by atoms with E-state index in [1.807, 2.05) is 36.4 Å². The second-order valence-electron chi connectivity index (χ2n) is 2.96. The van der Waals surface area contributed by atoms with Crippen LogP contribution in [0.1, 0.15) is 9.67 Å². The van der Waals surface area contributed by atoms with Gasteiger partial charge in [0.25, 0.3) is 0 Å². The van der Waals surface area contributed by atoms with Gasteiger partial charge in [0.05, 0.1) is 0 Å². The lowest BCUT2D eigenvalue weighted by Crippen LogP contribution is -1.91. The van der Waals surface area contributed by atoms with Crippen LogP contribution < -0.4 is 0 Å². The summed E-state index contributed by atoms with van der Waals surface area (Å²) < 4.78 is 0.638. The highest BCUT2D eigenvalue weighted by Crippen LogP contribution is 2.34. The predicted octanol–water partition coefficient (Wildman–Crippen LogP) is 3.88. The SMILES string of the molecule is O=C(O)c1sc(-c2ccccc2)cc1Br. The molecule has 1 aromatic heterocycles. The Morgan fingerprint density at radius 3 is 2.47 bits per heavy atom. The van der Waals surface area contributed by atoms with Crippen molar-refractivity contribution in [1.29, 1.82) is 0 Å². The normalized spacial score (nSPS) is 10.2. The molecule has 0 radical (unpaired) electrons. The molecule has 0 aliphatic heterocycles. The number of carboxylic acids is 1. The predicted molar refractivity (Wildman–Crippen MR) is 64.4 cm³/mol. The minimum absolute atomic E-state index is 0.342. The number of carbonyl (C=O) groups is 1. The summed E-state index contributed by atoms with van der Waals surface area (Å²) in [5.41, 5.74) is 1.04. The zero-order valence-corrected chi connectivity index (χ0v) is 10.0. The number of thiophene rings is 1. The zero-order chi connectivity index (χ0) is 10.8. The third-order valence-electron chi connectivity index (χ3n) is 1.94. The Kier molecular flexibility index (Phi) is 2.88. The van der Waals surface area contributed by atoms with E-state index in [-0.39, 0.29) is 0 Å². The summed E-state index contributed by atoms with van der Waals surface area (Å²) in [4.78, 5) is 12.1. The van der Waals surface area contributed by atoms with E-state index >= 15 is 0 Å². The summed E-state index contributed by atoms with van der Waals surface area (Å²) in [5.74, 6) is -0.894. The van der Waals surface area contributed by atoms with Gasteiger partial charge in [0, 0.05) is 9.35 Å². The van der Waals surface area contributed by atoms with Gasteiger partial charge in [-0.1, -0.05) is 30.3 Å². The molecule has 1 N–H and O–H groups in total. The lowest BCUT2D eigenvalue weighted by Gasteiger charge is -1.93. The number of benzene rings is 1. The lowest BCUT2D eigenvalue weighted by atomic mass is 10.2. The standard InChI is InChI=1S/C11H7BrO2S/c12-8-6-9(15-10(8)11(13)14)7-4-2-1-3-5-7/h1-6H,(H,13,14). The van der Waals surface area contributed by atoms with Gasteiger partial charge in [0.1, 0.15) is 4.88 Å². The molecule has 15 heavy (non-hydrogen) atoms. The first-order valence-corrected chi connectivity index (χ1v) is 5.87. The van der Waals surface area contributed by atoms with Crippen LogP contribution in [0.4, 0.5) is 0 Å². The van der Waals surface area contributed by atoms with Crippen molar-refractivity contribution in [3.63, 3.8) is 0 Å². The highest BCUT2D eigenvalue weighted by molar-refractivity contribution is 9.10. The fraction of sp³-hybridized carbons (Fsp3) is 0. The number of aromatic carboxylic acids is 1. The Hall–Kier alpha value is -1.13. The van der Waals surface area contributed by atoms with Gasteiger partial charge >= 0.3 is 5.97 Å². The van der Waals surface area contributed by atoms with Gasteiger partial charge < -0.3 is 5.11 Å². The third kappa shape index (κ3) is 2.11. The first-order valence-electron chi connectivity index (χ1n) is 4.26. The van der Waals surface area contributed by atoms with Crippen molar-refractivity contribution >= 4 is 33.2 Å². The van der Waals surface area contributed by atoms with Gasteiger partial charge in [-0.25, -0.2) is 4.79 Å². The molecule has 0 aliphatic rings. The molecule has 2 aromatic rings. The molecule has 0 unspecified atom stereocenters. The first-order chi connectivity index (χ1) is 7.18. The Morgan fingerprint density at radius 1 is 1.27 bits per heavy atom. The van der Waals surface area contributed by atoms with Gasteiger partial charge in [-0.3, -0.25) is 0 Å². The molecule has 0 spiro atoms. The highest BCUT2D eigenvalue weighted by atomic mass is 79.9. The molecule has 0 bridgehead atoms. The summed E-state index contributed by atoms with van der Waals surface area (Å²) in [6.07, 6.45) is 0. The second-order valence-corrected chi connectivity index (χ2v) is 4.87. The fourth-order valence-corrected chi connectivity index (χ4v) is 2.95. The van der Waals surface area contributed by atoms with Crippen LogP contribution in [-0.4, -0.2) is 11.1 Å². The quantitative estimate of drug-likeness (QED) is 0.908. The molecule has 0 saturated heterocycles. The number of rotatable bonds is 2. The van der Waals surface area contributed by atoms with Crippen molar-refractivity contribution in [2.24, 2.45) is 0 Å². The van der Waals surface area contributed by atoms with Gasteiger partial charge in [0.2, 0.25) is 0 Å². The molecular weight excluding hydrogens is 276 g/mol. The van der Waals surface area contributed by atoms with Crippen LogP contribution in [0.25, 0.3) is 10.4 Å². The van der Waals surface area contributed by atoms with Gasteiger partial charge in [-0.2, -0.15) is 0 Å². The van der Waals surface area contributed by atoms with E-state index in [4.69, 9.17) is 5.11 Å². The largest absolute Gasteiger partial charge is 0.477 e. The molecule has 0 aliphatic carbocycles. The zero-order valence-electron chi connectivity index (χ0n) is 7.61. The molecule has 0 amide bonds. The third-order valence-corrected chi connectivity index (χ3v) is 4.00. The summed E-state index contributed by atoms with van der Waals surface area (Å²) in [6, 6.07) is 11.6. The van der Waals surface area contributed by atoms with E-state index in [1.165, 1.54) is 11.3 Å². The molecule has 1 heterocycles. The molecule has 4 heteroatoms. The maximum Gasteiger partial charge on any atom is 0.347 e. The van der Waals surface area contributed by atoms with Crippen molar-refractivity contribution < 1.29 is 9.90 Å². The van der Waals surface area contributed by atoms with Crippen LogP contribution in [0, 0.1) is 0 Å². The molecular formula is C11H7BrO2S. The van der Waals surface area contributed by atoms with Crippen molar-refractivity contribution in [3.8, 4) is 10.4 Å². The van der Waals surface area contributed by atoms with Crippen LogP contribution in [0.15, 0.2) is 40.9 Å². The molecule has 0 atom stereocenters. The average molecular weight is 283 g/mol. The molecule has 2 rings (SSSR count). The van der Waals surface area contributed by atoms with E-state index in [0.29, 0.717) is 9.35 Å². The van der Waals surface area contributed by atoms with Crippen LogP contribution in [-0.2, 0) is 0 Å². The van der Waals surface area contributed by atoms with Gasteiger partial charge in [-0.05, 0) is 27.6 Å². The summed E-state index contributed by atoms with van der Waals surface area (Å²) in [7, 11) is 0. The fourth-order valence-electron chi connectivity index (χ4n) is 1.26. The van der Waals surface area contributed by atoms with Crippen molar-refractivity contribution in [2.45, 2.75) is 0 Å². The van der Waals surface area contributed by atoms with E-state index in [0.717, 1.165) is 10.4 Å². The molecule has 2 nitrogen and oxygen atoms in total. The Labute approximate surface area is 99.3 Å². The Morgan fingerprint density at radius 2 is 1.93 bits per heavy atom. The maximum atomic E-state index is 10.8. The monoisotopic (exact) mass is 282 g/mol. The first kappa shape index (κ1) is 10.4. The van der Waals surface area contributed by atoms with E-state index in [2.05, 4.69) is 15.9 Å². The van der Waals surface area contributed by atoms with E-state index in [1.54, 1.807) is 0 Å². The number of hydrogen-bond acceptors (Lipinski definition) is 2. The smallest absolute Gasteiger partial charge is 0.347 e. The molecule has 0 saturated carbocycles. The second kappa shape index (κ2) is 4.16. The highest BCUT2D eigenvalue weighted by Gasteiger charge is 2.13. The minimum atomic E-state index is -0.894. The van der Waals surface area contributed by atoms with Gasteiger partial charge in [0.15, 0.2) is 0 Å². The topological polar surface area (TPSA) is 37.3 Å². The molecule has 0 fully saturated rings. The van der Waals surface area contributed by atoms with E-state index in [9.17, 15) is 4.79 Å². The van der Waals surface area contributed by atoms with Crippen molar-refractivity contribution in [1.82, 2.24) is 0 Å². The van der Waals surface area contributed by atoms with Crippen molar-refractivity contribution in [2.75, 3.05) is 0 Å². The maximum absolute atomic E-state index is 10.8. The molecule has 1 aromatic carbocycles.